The van der Waals surface area contributed by atoms with Crippen LogP contribution in [-0.4, -0.2) is 18.4 Å². The van der Waals surface area contributed by atoms with Gasteiger partial charge < -0.3 is 9.47 Å². The molecule has 0 aliphatic carbocycles. The Balaban J connectivity index is 1.61. The average molecular weight is 382 g/mol. The summed E-state index contributed by atoms with van der Waals surface area (Å²) < 4.78 is 10.7. The van der Waals surface area contributed by atoms with Crippen molar-refractivity contribution in [2.75, 3.05) is 6.61 Å². The number of benzene rings is 3. The fraction of sp³-hybridized carbons (Fsp3) is 0.0435. The number of hydrogen-bond acceptors (Lipinski definition) is 6. The van der Waals surface area contributed by atoms with Crippen LogP contribution >= 0.6 is 0 Å². The van der Waals surface area contributed by atoms with Crippen molar-refractivity contribution in [2.45, 2.75) is 0 Å². The molecular formula is C23H14N2O4. The second-order valence-corrected chi connectivity index (χ2v) is 5.92. The zero-order valence-electron chi connectivity index (χ0n) is 15.2. The first kappa shape index (κ1) is 19.3. The van der Waals surface area contributed by atoms with Gasteiger partial charge in [0.1, 0.15) is 23.6 Å². The highest BCUT2D eigenvalue weighted by Gasteiger charge is 2.12. The number of esters is 1. The summed E-state index contributed by atoms with van der Waals surface area (Å²) in [4.78, 5) is 24.1. The van der Waals surface area contributed by atoms with Gasteiger partial charge in [0.25, 0.3) is 0 Å². The van der Waals surface area contributed by atoms with Crippen molar-refractivity contribution in [3.05, 3.63) is 95.1 Å². The van der Waals surface area contributed by atoms with E-state index in [-0.39, 0.29) is 29.1 Å². The SMILES string of the molecule is N#Cc1ccc(Oc2ccc(C(=O)OCC(=O)c3ccccc3)cc2)cc1C#N. The van der Waals surface area contributed by atoms with Gasteiger partial charge in [0, 0.05) is 5.56 Å². The van der Waals surface area contributed by atoms with Crippen LogP contribution in [0.15, 0.2) is 72.8 Å². The van der Waals surface area contributed by atoms with Gasteiger partial charge in [0.15, 0.2) is 12.4 Å². The van der Waals surface area contributed by atoms with Gasteiger partial charge in [-0.15, -0.1) is 0 Å². The summed E-state index contributed by atoms with van der Waals surface area (Å²) in [5, 5.41) is 18.0. The van der Waals surface area contributed by atoms with Crippen molar-refractivity contribution >= 4 is 11.8 Å². The van der Waals surface area contributed by atoms with Crippen molar-refractivity contribution in [2.24, 2.45) is 0 Å². The molecule has 0 aliphatic heterocycles. The Morgan fingerprint density at radius 1 is 0.759 bits per heavy atom. The fourth-order valence-electron chi connectivity index (χ4n) is 2.49. The summed E-state index contributed by atoms with van der Waals surface area (Å²) in [6, 6.07) is 23.2. The zero-order valence-corrected chi connectivity index (χ0v) is 15.2. The molecule has 0 aliphatic rings. The number of rotatable bonds is 6. The standard InChI is InChI=1S/C23H14N2O4/c24-13-18-8-11-21(12-19(18)14-25)29-20-9-6-17(7-10-20)23(27)28-15-22(26)16-4-2-1-3-5-16/h1-12H,15H2. The quantitative estimate of drug-likeness (QED) is 0.466. The Kier molecular flexibility index (Phi) is 5.99. The number of carbonyl (C=O) groups excluding carboxylic acids is 2. The fourth-order valence-corrected chi connectivity index (χ4v) is 2.49. The molecule has 0 heterocycles. The van der Waals surface area contributed by atoms with E-state index in [1.54, 1.807) is 48.5 Å². The second kappa shape index (κ2) is 8.98. The van der Waals surface area contributed by atoms with Crippen molar-refractivity contribution in [1.29, 1.82) is 10.5 Å². The summed E-state index contributed by atoms with van der Waals surface area (Å²) in [5.41, 5.74) is 1.23. The maximum Gasteiger partial charge on any atom is 0.338 e. The van der Waals surface area contributed by atoms with Crippen LogP contribution < -0.4 is 4.74 Å². The van der Waals surface area contributed by atoms with Crippen LogP contribution in [0.4, 0.5) is 0 Å². The van der Waals surface area contributed by atoms with Crippen LogP contribution in [0.2, 0.25) is 0 Å². The van der Waals surface area contributed by atoms with Crippen molar-refractivity contribution in [1.82, 2.24) is 0 Å². The molecule has 0 saturated heterocycles. The minimum atomic E-state index is -0.619. The third-order valence-corrected chi connectivity index (χ3v) is 3.99. The predicted octanol–water partition coefficient (Wildman–Crippen LogP) is 4.26. The number of Topliss-reactive ketones (excluding diaryl/α,β-unsaturated/α-hetero) is 1. The molecule has 0 N–H and O–H groups in total. The molecule has 6 nitrogen and oxygen atoms in total. The van der Waals surface area contributed by atoms with Gasteiger partial charge in [-0.3, -0.25) is 4.79 Å². The van der Waals surface area contributed by atoms with Gasteiger partial charge in [0.2, 0.25) is 0 Å². The number of ketones is 1. The van der Waals surface area contributed by atoms with E-state index in [0.29, 0.717) is 17.1 Å². The summed E-state index contributed by atoms with van der Waals surface area (Å²) in [5.74, 6) is -0.0705. The third-order valence-electron chi connectivity index (χ3n) is 3.99. The minimum Gasteiger partial charge on any atom is -0.457 e. The van der Waals surface area contributed by atoms with Gasteiger partial charge in [-0.25, -0.2) is 4.79 Å². The molecule has 0 saturated carbocycles. The van der Waals surface area contributed by atoms with Gasteiger partial charge in [-0.1, -0.05) is 30.3 Å². The van der Waals surface area contributed by atoms with E-state index in [9.17, 15) is 9.59 Å². The van der Waals surface area contributed by atoms with Crippen molar-refractivity contribution < 1.29 is 19.1 Å². The van der Waals surface area contributed by atoms with E-state index in [0.717, 1.165) is 0 Å². The van der Waals surface area contributed by atoms with Crippen molar-refractivity contribution in [3.63, 3.8) is 0 Å². The van der Waals surface area contributed by atoms with E-state index < -0.39 is 5.97 Å². The summed E-state index contributed by atoms with van der Waals surface area (Å²) >= 11 is 0. The van der Waals surface area contributed by atoms with Crippen LogP contribution in [0.3, 0.4) is 0 Å². The number of nitriles is 2. The summed E-state index contributed by atoms with van der Waals surface area (Å²) in [6.07, 6.45) is 0. The lowest BCUT2D eigenvalue weighted by molar-refractivity contribution is 0.0474. The molecule has 0 amide bonds. The van der Waals surface area contributed by atoms with Gasteiger partial charge in [0.05, 0.1) is 16.7 Å². The molecule has 0 fully saturated rings. The Morgan fingerprint density at radius 2 is 1.41 bits per heavy atom. The van der Waals surface area contributed by atoms with Crippen LogP contribution in [-0.2, 0) is 4.74 Å². The maximum absolute atomic E-state index is 12.1. The van der Waals surface area contributed by atoms with Crippen LogP contribution in [0.1, 0.15) is 31.8 Å². The molecule has 0 bridgehead atoms. The lowest BCUT2D eigenvalue weighted by Crippen LogP contribution is -2.14. The highest BCUT2D eigenvalue weighted by atomic mass is 16.5. The molecule has 3 rings (SSSR count). The van der Waals surface area contributed by atoms with E-state index in [1.807, 2.05) is 12.1 Å². The van der Waals surface area contributed by atoms with Crippen LogP contribution in [0, 0.1) is 22.7 Å². The monoisotopic (exact) mass is 382 g/mol. The lowest BCUT2D eigenvalue weighted by Gasteiger charge is -2.08. The number of hydrogen-bond donors (Lipinski definition) is 0. The smallest absolute Gasteiger partial charge is 0.338 e. The van der Waals surface area contributed by atoms with E-state index in [4.69, 9.17) is 20.0 Å². The highest BCUT2D eigenvalue weighted by Crippen LogP contribution is 2.24. The Labute approximate surface area is 167 Å². The molecule has 0 radical (unpaired) electrons. The molecule has 0 atom stereocenters. The first-order chi connectivity index (χ1) is 14.1. The van der Waals surface area contributed by atoms with Gasteiger partial charge in [-0.05, 0) is 42.5 Å². The van der Waals surface area contributed by atoms with Gasteiger partial charge in [-0.2, -0.15) is 10.5 Å². The number of carbonyl (C=O) groups is 2. The summed E-state index contributed by atoms with van der Waals surface area (Å²) in [7, 11) is 0. The molecule has 29 heavy (non-hydrogen) atoms. The maximum atomic E-state index is 12.1. The summed E-state index contributed by atoms with van der Waals surface area (Å²) in [6.45, 7) is -0.344. The predicted molar refractivity (Wildman–Crippen MR) is 103 cm³/mol. The topological polar surface area (TPSA) is 100 Å². The molecule has 0 aromatic heterocycles. The zero-order chi connectivity index (χ0) is 20.6. The number of ether oxygens (including phenoxy) is 2. The van der Waals surface area contributed by atoms with E-state index >= 15 is 0 Å². The first-order valence-corrected chi connectivity index (χ1v) is 8.58. The second-order valence-electron chi connectivity index (χ2n) is 5.92. The number of nitrogens with zero attached hydrogens (tertiary/aromatic N) is 2. The minimum absolute atomic E-state index is 0.216. The first-order valence-electron chi connectivity index (χ1n) is 8.58. The largest absolute Gasteiger partial charge is 0.457 e. The Hall–Kier alpha value is -4.42. The van der Waals surface area contributed by atoms with E-state index in [1.165, 1.54) is 24.3 Å². The Bertz CT molecular complexity index is 1120. The molecule has 3 aromatic rings. The van der Waals surface area contributed by atoms with E-state index in [2.05, 4.69) is 0 Å². The van der Waals surface area contributed by atoms with Crippen LogP contribution in [0.5, 0.6) is 11.5 Å². The molecule has 140 valence electrons. The van der Waals surface area contributed by atoms with Crippen molar-refractivity contribution in [3.8, 4) is 23.6 Å². The average Bonchev–Trinajstić information content (AvgIpc) is 2.78. The third kappa shape index (κ3) is 4.85. The van der Waals surface area contributed by atoms with Crippen LogP contribution in [0.25, 0.3) is 0 Å². The molecule has 6 heteroatoms. The molecule has 0 unspecified atom stereocenters. The highest BCUT2D eigenvalue weighted by molar-refractivity contribution is 5.99. The molecule has 3 aromatic carbocycles. The van der Waals surface area contributed by atoms with Gasteiger partial charge >= 0.3 is 5.97 Å². The lowest BCUT2D eigenvalue weighted by atomic mass is 10.1. The molecular weight excluding hydrogens is 368 g/mol. The molecule has 0 spiro atoms. The Morgan fingerprint density at radius 3 is 2.07 bits per heavy atom. The normalized spacial score (nSPS) is 9.72.